The van der Waals surface area contributed by atoms with Crippen molar-refractivity contribution in [2.45, 2.75) is 44.2 Å². The third kappa shape index (κ3) is 4.78. The summed E-state index contributed by atoms with van der Waals surface area (Å²) in [5, 5.41) is 2.73. The molecule has 1 saturated carbocycles. The number of methoxy groups -OCH3 is 1. The Hall–Kier alpha value is -2.54. The van der Waals surface area contributed by atoms with Crippen LogP contribution in [0, 0.1) is 6.92 Å². The number of rotatable bonds is 7. The fourth-order valence-corrected chi connectivity index (χ4v) is 3.94. The minimum Gasteiger partial charge on any atom is -0.491 e. The van der Waals surface area contributed by atoms with E-state index in [9.17, 15) is 18.0 Å². The number of benzene rings is 2. The normalized spacial score (nSPS) is 15.8. The van der Waals surface area contributed by atoms with Crippen molar-refractivity contribution in [2.24, 2.45) is 0 Å². The van der Waals surface area contributed by atoms with Gasteiger partial charge in [0.25, 0.3) is 0 Å². The van der Waals surface area contributed by atoms with Crippen molar-refractivity contribution in [2.75, 3.05) is 25.6 Å². The molecule has 0 saturated heterocycles. The van der Waals surface area contributed by atoms with Crippen molar-refractivity contribution in [3.05, 3.63) is 59.2 Å². The molecule has 4 nitrogen and oxygen atoms in total. The zero-order valence-electron chi connectivity index (χ0n) is 17.1. The van der Waals surface area contributed by atoms with Crippen molar-refractivity contribution < 1.29 is 27.4 Å². The van der Waals surface area contributed by atoms with Crippen LogP contribution in [0.25, 0.3) is 0 Å². The number of hydrogen-bond acceptors (Lipinski definition) is 3. The van der Waals surface area contributed by atoms with E-state index >= 15 is 0 Å². The van der Waals surface area contributed by atoms with E-state index in [1.165, 1.54) is 19.2 Å². The van der Waals surface area contributed by atoms with E-state index in [0.717, 1.165) is 30.0 Å². The van der Waals surface area contributed by atoms with Gasteiger partial charge in [-0.2, -0.15) is 13.2 Å². The van der Waals surface area contributed by atoms with Gasteiger partial charge in [-0.1, -0.05) is 42.7 Å². The highest BCUT2D eigenvalue weighted by Gasteiger charge is 2.43. The molecule has 2 aromatic carbocycles. The summed E-state index contributed by atoms with van der Waals surface area (Å²) in [5.74, 6) is -0.559. The molecule has 0 heterocycles. The summed E-state index contributed by atoms with van der Waals surface area (Å²) < 4.78 is 50.6. The molecule has 1 aliphatic carbocycles. The number of aryl methyl sites for hydroxylation is 1. The molecule has 1 fully saturated rings. The second kappa shape index (κ2) is 9.08. The number of nitrogens with one attached hydrogen (secondary N) is 1. The highest BCUT2D eigenvalue weighted by Crippen LogP contribution is 2.43. The molecule has 1 amide bonds. The summed E-state index contributed by atoms with van der Waals surface area (Å²) in [4.78, 5) is 13.2. The predicted octanol–water partition coefficient (Wildman–Crippen LogP) is 5.49. The monoisotopic (exact) mass is 421 g/mol. The average molecular weight is 421 g/mol. The minimum atomic E-state index is -4.61. The van der Waals surface area contributed by atoms with Crippen LogP contribution < -0.4 is 10.1 Å². The van der Waals surface area contributed by atoms with E-state index in [2.05, 4.69) is 5.32 Å². The SMILES string of the molecule is COCCOc1ccc(NC(=O)C2(c3ccc(C)cc3)CCCC2)cc1C(F)(F)F. The fourth-order valence-electron chi connectivity index (χ4n) is 3.94. The topological polar surface area (TPSA) is 47.6 Å². The van der Waals surface area contributed by atoms with Crippen LogP contribution in [0.4, 0.5) is 18.9 Å². The molecule has 1 aliphatic rings. The van der Waals surface area contributed by atoms with Gasteiger partial charge in [-0.05, 0) is 43.5 Å². The van der Waals surface area contributed by atoms with E-state index in [-0.39, 0.29) is 30.6 Å². The largest absolute Gasteiger partial charge is 0.491 e. The van der Waals surface area contributed by atoms with Crippen LogP contribution in [0.15, 0.2) is 42.5 Å². The molecular formula is C23H26F3NO3. The van der Waals surface area contributed by atoms with Gasteiger partial charge in [-0.15, -0.1) is 0 Å². The van der Waals surface area contributed by atoms with Crippen LogP contribution in [0.3, 0.4) is 0 Å². The molecule has 2 aromatic rings. The van der Waals surface area contributed by atoms with Crippen molar-refractivity contribution in [1.82, 2.24) is 0 Å². The number of carbonyl (C=O) groups is 1. The second-order valence-electron chi connectivity index (χ2n) is 7.66. The highest BCUT2D eigenvalue weighted by molar-refractivity contribution is 5.99. The van der Waals surface area contributed by atoms with Crippen molar-refractivity contribution >= 4 is 11.6 Å². The van der Waals surface area contributed by atoms with Gasteiger partial charge in [0.05, 0.1) is 17.6 Å². The van der Waals surface area contributed by atoms with Gasteiger partial charge >= 0.3 is 6.18 Å². The molecular weight excluding hydrogens is 395 g/mol. The first-order valence-corrected chi connectivity index (χ1v) is 9.98. The van der Waals surface area contributed by atoms with E-state index in [0.29, 0.717) is 12.8 Å². The molecule has 1 N–H and O–H groups in total. The third-order valence-corrected chi connectivity index (χ3v) is 5.58. The molecule has 0 aromatic heterocycles. The third-order valence-electron chi connectivity index (χ3n) is 5.58. The summed E-state index contributed by atoms with van der Waals surface area (Å²) in [6, 6.07) is 11.4. The lowest BCUT2D eigenvalue weighted by molar-refractivity contribution is -0.139. The highest BCUT2D eigenvalue weighted by atomic mass is 19.4. The molecule has 0 spiro atoms. The second-order valence-corrected chi connectivity index (χ2v) is 7.66. The maximum Gasteiger partial charge on any atom is 0.420 e. The first kappa shape index (κ1) is 22.2. The smallest absolute Gasteiger partial charge is 0.420 e. The molecule has 7 heteroatoms. The summed E-state index contributed by atoms with van der Waals surface area (Å²) in [6.07, 6.45) is -1.45. The van der Waals surface area contributed by atoms with E-state index in [4.69, 9.17) is 9.47 Å². The van der Waals surface area contributed by atoms with E-state index in [1.807, 2.05) is 31.2 Å². The van der Waals surface area contributed by atoms with Crippen molar-refractivity contribution in [1.29, 1.82) is 0 Å². The average Bonchev–Trinajstić information content (AvgIpc) is 3.20. The first-order valence-electron chi connectivity index (χ1n) is 9.98. The van der Waals surface area contributed by atoms with Gasteiger partial charge in [-0.3, -0.25) is 4.79 Å². The van der Waals surface area contributed by atoms with E-state index < -0.39 is 17.2 Å². The van der Waals surface area contributed by atoms with Gasteiger partial charge < -0.3 is 14.8 Å². The molecule has 0 radical (unpaired) electrons. The predicted molar refractivity (Wildman–Crippen MR) is 109 cm³/mol. The standard InChI is InChI=1S/C23H26F3NO3/c1-16-5-7-17(8-6-16)22(11-3-4-12-22)21(28)27-18-9-10-20(30-14-13-29-2)19(15-18)23(24,25)26/h5-10,15H,3-4,11-14H2,1-2H3,(H,27,28). The van der Waals surface area contributed by atoms with Gasteiger partial charge in [0.15, 0.2) is 0 Å². The van der Waals surface area contributed by atoms with Crippen LogP contribution in [0.1, 0.15) is 42.4 Å². The molecule has 30 heavy (non-hydrogen) atoms. The summed E-state index contributed by atoms with van der Waals surface area (Å²) in [5.41, 5.74) is 0.446. The number of ether oxygens (including phenoxy) is 2. The molecule has 0 aliphatic heterocycles. The van der Waals surface area contributed by atoms with Gasteiger partial charge in [0, 0.05) is 12.8 Å². The summed E-state index contributed by atoms with van der Waals surface area (Å²) in [7, 11) is 1.44. The Morgan fingerprint density at radius 1 is 1.07 bits per heavy atom. The Bertz CT molecular complexity index is 872. The van der Waals surface area contributed by atoms with Crippen molar-refractivity contribution in [3.8, 4) is 5.75 Å². The van der Waals surface area contributed by atoms with Crippen LogP contribution in [0.2, 0.25) is 0 Å². The summed E-state index contributed by atoms with van der Waals surface area (Å²) >= 11 is 0. The van der Waals surface area contributed by atoms with E-state index in [1.54, 1.807) is 0 Å². The Morgan fingerprint density at radius 2 is 1.73 bits per heavy atom. The number of amides is 1. The summed E-state index contributed by atoms with van der Waals surface area (Å²) in [6.45, 7) is 2.15. The number of anilines is 1. The van der Waals surface area contributed by atoms with Gasteiger partial charge in [0.1, 0.15) is 12.4 Å². The number of hydrogen-bond donors (Lipinski definition) is 1. The Labute approximate surface area is 174 Å². The quantitative estimate of drug-likeness (QED) is 0.602. The Kier molecular flexibility index (Phi) is 6.71. The molecule has 0 atom stereocenters. The van der Waals surface area contributed by atoms with Crippen LogP contribution >= 0.6 is 0 Å². The molecule has 162 valence electrons. The maximum atomic E-state index is 13.5. The Morgan fingerprint density at radius 3 is 2.33 bits per heavy atom. The maximum absolute atomic E-state index is 13.5. The lowest BCUT2D eigenvalue weighted by Gasteiger charge is -2.28. The molecule has 0 bridgehead atoms. The van der Waals surface area contributed by atoms with Crippen LogP contribution in [-0.4, -0.2) is 26.2 Å². The zero-order valence-corrected chi connectivity index (χ0v) is 17.1. The zero-order chi connectivity index (χ0) is 21.8. The number of alkyl halides is 3. The first-order chi connectivity index (χ1) is 14.3. The Balaban J connectivity index is 1.86. The number of carbonyl (C=O) groups excluding carboxylic acids is 1. The number of halogens is 3. The van der Waals surface area contributed by atoms with Crippen LogP contribution in [0.5, 0.6) is 5.75 Å². The molecule has 0 unspecified atom stereocenters. The minimum absolute atomic E-state index is 0.00181. The van der Waals surface area contributed by atoms with Crippen LogP contribution in [-0.2, 0) is 21.1 Å². The van der Waals surface area contributed by atoms with Crippen molar-refractivity contribution in [3.63, 3.8) is 0 Å². The van der Waals surface area contributed by atoms with Gasteiger partial charge in [-0.25, -0.2) is 0 Å². The molecule has 3 rings (SSSR count). The van der Waals surface area contributed by atoms with Gasteiger partial charge in [0.2, 0.25) is 5.91 Å². The fraction of sp³-hybridized carbons (Fsp3) is 0.435. The lowest BCUT2D eigenvalue weighted by Crippen LogP contribution is -2.38. The lowest BCUT2D eigenvalue weighted by atomic mass is 9.77.